The topological polar surface area (TPSA) is 54.3 Å². The van der Waals surface area contributed by atoms with Gasteiger partial charge in [-0.15, -0.1) is 0 Å². The number of carbonyl (C=O) groups is 1. The summed E-state index contributed by atoms with van der Waals surface area (Å²) in [6, 6.07) is 7.30. The molecule has 3 heterocycles. The van der Waals surface area contributed by atoms with Gasteiger partial charge < -0.3 is 9.80 Å². The molecule has 0 N–H and O–H groups in total. The van der Waals surface area contributed by atoms with Gasteiger partial charge in [0, 0.05) is 31.0 Å². The molecule has 150 valence electrons. The number of hydrogen-bond acceptors (Lipinski definition) is 4. The van der Waals surface area contributed by atoms with E-state index in [0.717, 1.165) is 36.6 Å². The number of aryl methyl sites for hydroxylation is 3. The van der Waals surface area contributed by atoms with Crippen LogP contribution in [0.5, 0.6) is 0 Å². The Kier molecular flexibility index (Phi) is 5.19. The summed E-state index contributed by atoms with van der Waals surface area (Å²) in [4.78, 5) is 21.9. The van der Waals surface area contributed by atoms with Crippen molar-refractivity contribution in [2.24, 2.45) is 0 Å². The molecule has 7 heteroatoms. The molecule has 0 spiro atoms. The zero-order chi connectivity index (χ0) is 19.8. The number of fused-ring (bicyclic) bond motifs is 1. The Morgan fingerprint density at radius 3 is 2.68 bits per heavy atom. The number of rotatable bonds is 4. The van der Waals surface area contributed by atoms with Gasteiger partial charge in [-0.05, 0) is 58.0 Å². The molecule has 6 nitrogen and oxygen atoms in total. The first kappa shape index (κ1) is 19.1. The highest BCUT2D eigenvalue weighted by atomic mass is 19.1. The molecule has 2 fully saturated rings. The van der Waals surface area contributed by atoms with Gasteiger partial charge in [0.2, 0.25) is 5.91 Å². The molecule has 0 aliphatic carbocycles. The Bertz CT molecular complexity index is 849. The molecular formula is C21H28FN5O. The molecule has 2 aromatic rings. The maximum Gasteiger partial charge on any atom is 0.224 e. The lowest BCUT2D eigenvalue weighted by Crippen LogP contribution is -2.50. The first-order valence-corrected chi connectivity index (χ1v) is 10.1. The summed E-state index contributed by atoms with van der Waals surface area (Å²) in [6.07, 6.45) is 2.55. The van der Waals surface area contributed by atoms with Gasteiger partial charge in [0.05, 0.1) is 6.54 Å². The van der Waals surface area contributed by atoms with E-state index >= 15 is 0 Å². The first-order chi connectivity index (χ1) is 13.4. The van der Waals surface area contributed by atoms with Crippen LogP contribution in [0.2, 0.25) is 0 Å². The van der Waals surface area contributed by atoms with Gasteiger partial charge in [0.25, 0.3) is 0 Å². The minimum absolute atomic E-state index is 0.169. The van der Waals surface area contributed by atoms with Crippen LogP contribution in [0.4, 0.5) is 4.39 Å². The van der Waals surface area contributed by atoms with Crippen molar-refractivity contribution in [1.29, 1.82) is 0 Å². The summed E-state index contributed by atoms with van der Waals surface area (Å²) in [6.45, 7) is 6.06. The standard InChI is InChI=1S/C21H28FN5O/c1-14-23-15(2)27(24-14)12-10-20(28)26-13-18(16-6-8-17(22)9-7-16)21-19(26)5-4-11-25(21)3/h6-9,18-19,21H,4-5,10-13H2,1-3H3/t18-,19-,21-/m1/s1. The molecule has 1 aromatic carbocycles. The summed E-state index contributed by atoms with van der Waals surface area (Å²) in [5, 5.41) is 4.36. The monoisotopic (exact) mass is 385 g/mol. The summed E-state index contributed by atoms with van der Waals surface area (Å²) in [5.41, 5.74) is 1.11. The van der Waals surface area contributed by atoms with Crippen LogP contribution in [0.3, 0.4) is 0 Å². The fourth-order valence-corrected chi connectivity index (χ4v) is 4.95. The van der Waals surface area contributed by atoms with Crippen molar-refractivity contribution in [3.8, 4) is 0 Å². The van der Waals surface area contributed by atoms with E-state index in [4.69, 9.17) is 0 Å². The third-order valence-corrected chi connectivity index (χ3v) is 6.24. The van der Waals surface area contributed by atoms with E-state index in [9.17, 15) is 9.18 Å². The molecule has 4 rings (SSSR count). The number of likely N-dealkylation sites (tertiary alicyclic amines) is 2. The maximum atomic E-state index is 13.4. The van der Waals surface area contributed by atoms with Crippen molar-refractivity contribution in [1.82, 2.24) is 24.6 Å². The van der Waals surface area contributed by atoms with E-state index in [2.05, 4.69) is 26.9 Å². The van der Waals surface area contributed by atoms with Gasteiger partial charge in [-0.2, -0.15) is 5.10 Å². The van der Waals surface area contributed by atoms with E-state index in [1.54, 1.807) is 0 Å². The molecule has 0 radical (unpaired) electrons. The average Bonchev–Trinajstić information content (AvgIpc) is 3.21. The first-order valence-electron chi connectivity index (χ1n) is 10.1. The van der Waals surface area contributed by atoms with Gasteiger partial charge in [0.1, 0.15) is 17.5 Å². The molecule has 0 bridgehead atoms. The Morgan fingerprint density at radius 2 is 2.00 bits per heavy atom. The van der Waals surface area contributed by atoms with Crippen LogP contribution in [0.25, 0.3) is 0 Å². The van der Waals surface area contributed by atoms with Crippen molar-refractivity contribution in [3.05, 3.63) is 47.3 Å². The second-order valence-corrected chi connectivity index (χ2v) is 8.06. The number of piperidine rings is 1. The number of hydrogen-bond donors (Lipinski definition) is 0. The van der Waals surface area contributed by atoms with Crippen LogP contribution in [0.15, 0.2) is 24.3 Å². The van der Waals surface area contributed by atoms with Gasteiger partial charge >= 0.3 is 0 Å². The van der Waals surface area contributed by atoms with E-state index in [1.165, 1.54) is 12.1 Å². The Labute approximate surface area is 165 Å². The molecule has 1 aromatic heterocycles. The third-order valence-electron chi connectivity index (χ3n) is 6.24. The summed E-state index contributed by atoms with van der Waals surface area (Å²) < 4.78 is 15.2. The fraction of sp³-hybridized carbons (Fsp3) is 0.571. The number of nitrogens with zero attached hydrogens (tertiary/aromatic N) is 5. The highest BCUT2D eigenvalue weighted by molar-refractivity contribution is 5.77. The zero-order valence-corrected chi connectivity index (χ0v) is 16.8. The van der Waals surface area contributed by atoms with E-state index in [-0.39, 0.29) is 23.7 Å². The van der Waals surface area contributed by atoms with Gasteiger partial charge in [-0.3, -0.25) is 4.79 Å². The third kappa shape index (κ3) is 3.55. The van der Waals surface area contributed by atoms with Gasteiger partial charge in [0.15, 0.2) is 0 Å². The summed E-state index contributed by atoms with van der Waals surface area (Å²) in [7, 11) is 2.14. The maximum absolute atomic E-state index is 13.4. The second kappa shape index (κ2) is 7.62. The summed E-state index contributed by atoms with van der Waals surface area (Å²) in [5.74, 6) is 1.74. The van der Waals surface area contributed by atoms with Crippen molar-refractivity contribution in [2.45, 2.75) is 57.7 Å². The normalized spacial score (nSPS) is 25.1. The van der Waals surface area contributed by atoms with Crippen molar-refractivity contribution >= 4 is 5.91 Å². The molecule has 1 amide bonds. The van der Waals surface area contributed by atoms with Crippen molar-refractivity contribution < 1.29 is 9.18 Å². The average molecular weight is 385 g/mol. The summed E-state index contributed by atoms with van der Waals surface area (Å²) >= 11 is 0. The number of carbonyl (C=O) groups excluding carboxylic acids is 1. The Morgan fingerprint density at radius 1 is 1.25 bits per heavy atom. The molecule has 28 heavy (non-hydrogen) atoms. The second-order valence-electron chi connectivity index (χ2n) is 8.06. The largest absolute Gasteiger partial charge is 0.337 e. The quantitative estimate of drug-likeness (QED) is 0.812. The van der Waals surface area contributed by atoms with Crippen LogP contribution < -0.4 is 0 Å². The SMILES string of the molecule is Cc1nc(C)n(CCC(=O)N2C[C@H](c3ccc(F)cc3)[C@@H]3[C@H]2CCCN3C)n1. The van der Waals surface area contributed by atoms with Crippen molar-refractivity contribution in [2.75, 3.05) is 20.1 Å². The van der Waals surface area contributed by atoms with E-state index in [0.29, 0.717) is 25.6 Å². The number of amides is 1. The van der Waals surface area contributed by atoms with Crippen LogP contribution >= 0.6 is 0 Å². The fourth-order valence-electron chi connectivity index (χ4n) is 4.95. The molecule has 0 unspecified atom stereocenters. The number of likely N-dealkylation sites (N-methyl/N-ethyl adjacent to an activating group) is 1. The van der Waals surface area contributed by atoms with Crippen LogP contribution in [0.1, 0.15) is 42.4 Å². The Balaban J connectivity index is 1.52. The number of benzene rings is 1. The lowest BCUT2D eigenvalue weighted by Gasteiger charge is -2.39. The predicted molar refractivity (Wildman–Crippen MR) is 104 cm³/mol. The lowest BCUT2D eigenvalue weighted by atomic mass is 9.86. The predicted octanol–water partition coefficient (Wildman–Crippen LogP) is 2.51. The lowest BCUT2D eigenvalue weighted by molar-refractivity contribution is -0.133. The Hall–Kier alpha value is -2.28. The molecule has 0 saturated carbocycles. The van der Waals surface area contributed by atoms with E-state index < -0.39 is 0 Å². The highest BCUT2D eigenvalue weighted by Gasteiger charge is 2.47. The van der Waals surface area contributed by atoms with Crippen LogP contribution in [-0.2, 0) is 11.3 Å². The molecule has 2 aliphatic rings. The minimum atomic E-state index is -0.221. The van der Waals surface area contributed by atoms with Gasteiger partial charge in [-0.25, -0.2) is 14.1 Å². The zero-order valence-electron chi connectivity index (χ0n) is 16.8. The molecule has 3 atom stereocenters. The smallest absolute Gasteiger partial charge is 0.224 e. The van der Waals surface area contributed by atoms with E-state index in [1.807, 2.05) is 30.7 Å². The van der Waals surface area contributed by atoms with Crippen LogP contribution in [-0.4, -0.2) is 62.7 Å². The molecular weight excluding hydrogens is 357 g/mol. The molecule has 2 aliphatic heterocycles. The minimum Gasteiger partial charge on any atom is -0.337 e. The highest BCUT2D eigenvalue weighted by Crippen LogP contribution is 2.39. The number of aromatic nitrogens is 3. The van der Waals surface area contributed by atoms with Crippen LogP contribution in [0, 0.1) is 19.7 Å². The van der Waals surface area contributed by atoms with Crippen molar-refractivity contribution in [3.63, 3.8) is 0 Å². The van der Waals surface area contributed by atoms with Gasteiger partial charge in [-0.1, -0.05) is 12.1 Å². The molecule has 2 saturated heterocycles. The number of halogens is 1.